The van der Waals surface area contributed by atoms with E-state index in [9.17, 15) is 17.6 Å². The third-order valence-corrected chi connectivity index (χ3v) is 7.60. The molecule has 1 aliphatic rings. The smallest absolute Gasteiger partial charge is 0.243 e. The highest BCUT2D eigenvalue weighted by molar-refractivity contribution is 7.89. The number of hydrogen-bond acceptors (Lipinski definition) is 4. The van der Waals surface area contributed by atoms with Crippen LogP contribution in [0.5, 0.6) is 0 Å². The van der Waals surface area contributed by atoms with Crippen LogP contribution in [0.15, 0.2) is 46.7 Å². The van der Waals surface area contributed by atoms with E-state index < -0.39 is 15.8 Å². The number of amides is 1. The molecule has 1 amide bonds. The van der Waals surface area contributed by atoms with Crippen molar-refractivity contribution in [1.29, 1.82) is 0 Å². The maximum absolute atomic E-state index is 13.3. The predicted molar refractivity (Wildman–Crippen MR) is 103 cm³/mol. The van der Waals surface area contributed by atoms with Crippen LogP contribution in [0, 0.1) is 11.7 Å². The quantitative estimate of drug-likeness (QED) is 0.761. The molecule has 8 heteroatoms. The maximum Gasteiger partial charge on any atom is 0.243 e. The molecule has 146 valence electrons. The molecule has 1 saturated heterocycles. The van der Waals surface area contributed by atoms with E-state index >= 15 is 0 Å². The van der Waals surface area contributed by atoms with E-state index in [1.165, 1.54) is 22.5 Å². The number of sulfonamides is 1. The molecule has 1 aromatic heterocycles. The Morgan fingerprint density at radius 3 is 2.67 bits per heavy atom. The van der Waals surface area contributed by atoms with Gasteiger partial charge < -0.3 is 5.32 Å². The summed E-state index contributed by atoms with van der Waals surface area (Å²) in [4.78, 5) is 13.1. The Morgan fingerprint density at radius 2 is 2.00 bits per heavy atom. The molecule has 1 aliphatic heterocycles. The SMILES string of the molecule is O=C(CCC1CCN(S(=O)(=O)c2cccc(F)c2)CC1)NCc1cccs1. The molecule has 0 spiro atoms. The number of hydrogen-bond donors (Lipinski definition) is 1. The first-order chi connectivity index (χ1) is 12.9. The van der Waals surface area contributed by atoms with E-state index in [4.69, 9.17) is 0 Å². The summed E-state index contributed by atoms with van der Waals surface area (Å²) in [5.74, 6) is -0.200. The van der Waals surface area contributed by atoms with Crippen LogP contribution in [-0.4, -0.2) is 31.7 Å². The first-order valence-electron chi connectivity index (χ1n) is 9.00. The van der Waals surface area contributed by atoms with Gasteiger partial charge in [0.15, 0.2) is 0 Å². The third-order valence-electron chi connectivity index (χ3n) is 4.83. The number of carbonyl (C=O) groups excluding carboxylic acids is 1. The van der Waals surface area contributed by atoms with Crippen molar-refractivity contribution >= 4 is 27.3 Å². The molecule has 3 rings (SSSR count). The molecular formula is C19H23FN2O3S2. The summed E-state index contributed by atoms with van der Waals surface area (Å²) < 4.78 is 40.0. The summed E-state index contributed by atoms with van der Waals surface area (Å²) >= 11 is 1.61. The van der Waals surface area contributed by atoms with Crippen molar-refractivity contribution in [2.24, 2.45) is 5.92 Å². The van der Waals surface area contributed by atoms with Crippen molar-refractivity contribution in [1.82, 2.24) is 9.62 Å². The summed E-state index contributed by atoms with van der Waals surface area (Å²) in [6.45, 7) is 1.36. The van der Waals surface area contributed by atoms with Gasteiger partial charge in [0.25, 0.3) is 0 Å². The summed E-state index contributed by atoms with van der Waals surface area (Å²) in [6, 6.07) is 9.05. The van der Waals surface area contributed by atoms with Gasteiger partial charge in [-0.3, -0.25) is 4.79 Å². The largest absolute Gasteiger partial charge is 0.351 e. The Morgan fingerprint density at radius 1 is 1.22 bits per heavy atom. The normalized spacial score (nSPS) is 16.3. The second-order valence-electron chi connectivity index (χ2n) is 6.70. The predicted octanol–water partition coefficient (Wildman–Crippen LogP) is 3.38. The molecule has 2 aromatic rings. The molecule has 27 heavy (non-hydrogen) atoms. The van der Waals surface area contributed by atoms with Crippen molar-refractivity contribution in [3.8, 4) is 0 Å². The highest BCUT2D eigenvalue weighted by Gasteiger charge is 2.29. The first-order valence-corrected chi connectivity index (χ1v) is 11.3. The van der Waals surface area contributed by atoms with Gasteiger partial charge in [-0.15, -0.1) is 11.3 Å². The zero-order valence-electron chi connectivity index (χ0n) is 14.9. The van der Waals surface area contributed by atoms with Crippen molar-refractivity contribution in [2.75, 3.05) is 13.1 Å². The Bertz CT molecular complexity index is 861. The zero-order valence-corrected chi connectivity index (χ0v) is 16.6. The molecule has 1 fully saturated rings. The van der Waals surface area contributed by atoms with Crippen molar-refractivity contribution < 1.29 is 17.6 Å². The number of carbonyl (C=O) groups is 1. The molecule has 0 saturated carbocycles. The van der Waals surface area contributed by atoms with Crippen LogP contribution >= 0.6 is 11.3 Å². The number of nitrogens with one attached hydrogen (secondary N) is 1. The average molecular weight is 411 g/mol. The number of halogens is 1. The van der Waals surface area contributed by atoms with Crippen LogP contribution in [0.4, 0.5) is 4.39 Å². The fraction of sp³-hybridized carbons (Fsp3) is 0.421. The number of piperidine rings is 1. The summed E-state index contributed by atoms with van der Waals surface area (Å²) in [5, 5.41) is 4.89. The van der Waals surface area contributed by atoms with Gasteiger partial charge in [-0.2, -0.15) is 4.31 Å². The van der Waals surface area contributed by atoms with Crippen LogP contribution in [0.2, 0.25) is 0 Å². The lowest BCUT2D eigenvalue weighted by Gasteiger charge is -2.31. The fourth-order valence-electron chi connectivity index (χ4n) is 3.24. The number of thiophene rings is 1. The summed E-state index contributed by atoms with van der Waals surface area (Å²) in [6.07, 6.45) is 2.64. The van der Waals surface area contributed by atoms with E-state index in [1.54, 1.807) is 11.3 Å². The third kappa shape index (κ3) is 5.37. The minimum atomic E-state index is -3.66. The van der Waals surface area contributed by atoms with Gasteiger partial charge in [0.1, 0.15) is 5.82 Å². The van der Waals surface area contributed by atoms with Gasteiger partial charge >= 0.3 is 0 Å². The minimum Gasteiger partial charge on any atom is -0.351 e. The molecule has 0 bridgehead atoms. The molecule has 1 N–H and O–H groups in total. The highest BCUT2D eigenvalue weighted by atomic mass is 32.2. The second kappa shape index (κ2) is 8.95. The molecule has 0 aliphatic carbocycles. The Labute approximate surface area is 163 Å². The Hall–Kier alpha value is -1.77. The standard InChI is InChI=1S/C19H23FN2O3S2/c20-16-3-1-5-18(13-16)27(24,25)22-10-8-15(9-11-22)6-7-19(23)21-14-17-4-2-12-26-17/h1-5,12-13,15H,6-11,14H2,(H,21,23). The van der Waals surface area contributed by atoms with E-state index in [2.05, 4.69) is 5.32 Å². The molecule has 0 unspecified atom stereocenters. The van der Waals surface area contributed by atoms with Crippen LogP contribution in [0.25, 0.3) is 0 Å². The van der Waals surface area contributed by atoms with Crippen molar-refractivity contribution in [3.05, 3.63) is 52.5 Å². The van der Waals surface area contributed by atoms with Gasteiger partial charge in [0.05, 0.1) is 11.4 Å². The van der Waals surface area contributed by atoms with Crippen molar-refractivity contribution in [2.45, 2.75) is 37.1 Å². The average Bonchev–Trinajstić information content (AvgIpc) is 3.19. The lowest BCUT2D eigenvalue weighted by Crippen LogP contribution is -2.38. The van der Waals surface area contributed by atoms with Crippen LogP contribution in [0.1, 0.15) is 30.6 Å². The summed E-state index contributed by atoms with van der Waals surface area (Å²) in [5.41, 5.74) is 0. The Balaban J connectivity index is 1.44. The van der Waals surface area contributed by atoms with Crippen LogP contribution in [-0.2, 0) is 21.4 Å². The van der Waals surface area contributed by atoms with Crippen molar-refractivity contribution in [3.63, 3.8) is 0 Å². The fourth-order valence-corrected chi connectivity index (χ4v) is 5.38. The highest BCUT2D eigenvalue weighted by Crippen LogP contribution is 2.26. The maximum atomic E-state index is 13.3. The molecular weight excluding hydrogens is 387 g/mol. The van der Waals surface area contributed by atoms with Gasteiger partial charge in [-0.05, 0) is 54.8 Å². The lowest BCUT2D eigenvalue weighted by molar-refractivity contribution is -0.121. The minimum absolute atomic E-state index is 0.00564. The molecule has 1 aromatic carbocycles. The Kier molecular flexibility index (Phi) is 6.62. The van der Waals surface area contributed by atoms with Gasteiger partial charge in [-0.25, -0.2) is 12.8 Å². The monoisotopic (exact) mass is 410 g/mol. The topological polar surface area (TPSA) is 66.5 Å². The zero-order chi connectivity index (χ0) is 19.3. The lowest BCUT2D eigenvalue weighted by atomic mass is 9.93. The van der Waals surface area contributed by atoms with Crippen LogP contribution < -0.4 is 5.32 Å². The molecule has 5 nitrogen and oxygen atoms in total. The van der Waals surface area contributed by atoms with E-state index in [0.29, 0.717) is 44.8 Å². The van der Waals surface area contributed by atoms with E-state index in [0.717, 1.165) is 17.4 Å². The number of rotatable bonds is 7. The first kappa shape index (κ1) is 20.0. The van der Waals surface area contributed by atoms with Gasteiger partial charge in [0.2, 0.25) is 15.9 Å². The molecule has 0 atom stereocenters. The van der Waals surface area contributed by atoms with Gasteiger partial charge in [-0.1, -0.05) is 12.1 Å². The number of benzene rings is 1. The van der Waals surface area contributed by atoms with E-state index in [1.807, 2.05) is 17.5 Å². The van der Waals surface area contributed by atoms with Gasteiger partial charge in [0, 0.05) is 24.4 Å². The van der Waals surface area contributed by atoms with Crippen LogP contribution in [0.3, 0.4) is 0 Å². The van der Waals surface area contributed by atoms with E-state index in [-0.39, 0.29) is 10.8 Å². The summed E-state index contributed by atoms with van der Waals surface area (Å²) in [7, 11) is -3.66. The second-order valence-corrected chi connectivity index (χ2v) is 9.67. The molecule has 0 radical (unpaired) electrons. The number of nitrogens with zero attached hydrogens (tertiary/aromatic N) is 1. The molecule has 2 heterocycles.